The topological polar surface area (TPSA) is 71.0 Å². The smallest absolute Gasteiger partial charge is 0.263 e. The van der Waals surface area contributed by atoms with Crippen molar-refractivity contribution in [2.75, 3.05) is 11.4 Å². The minimum absolute atomic E-state index is 0.125. The van der Waals surface area contributed by atoms with Gasteiger partial charge in [0.15, 0.2) is 10.8 Å². The predicted molar refractivity (Wildman–Crippen MR) is 127 cm³/mol. The molecule has 0 saturated carbocycles. The number of nitrogens with zero attached hydrogens (tertiary/aromatic N) is 4. The number of hydrogen-bond acceptors (Lipinski definition) is 6. The summed E-state index contributed by atoms with van der Waals surface area (Å²) in [6, 6.07) is 18.8. The maximum Gasteiger partial charge on any atom is 0.263 e. The van der Waals surface area contributed by atoms with Crippen molar-refractivity contribution in [3.8, 4) is 10.8 Å². The number of fused-ring (bicyclic) bond motifs is 1. The van der Waals surface area contributed by atoms with Crippen LogP contribution < -0.4 is 10.2 Å². The molecule has 6 nitrogen and oxygen atoms in total. The van der Waals surface area contributed by atoms with Gasteiger partial charge < -0.3 is 10.2 Å². The number of carbonyl (C=O) groups is 1. The molecule has 32 heavy (non-hydrogen) atoms. The summed E-state index contributed by atoms with van der Waals surface area (Å²) in [4.78, 5) is 28.6. The van der Waals surface area contributed by atoms with E-state index < -0.39 is 0 Å². The zero-order valence-corrected chi connectivity index (χ0v) is 18.6. The van der Waals surface area contributed by atoms with E-state index in [0.29, 0.717) is 27.9 Å². The van der Waals surface area contributed by atoms with Crippen molar-refractivity contribution in [3.63, 3.8) is 0 Å². The average Bonchev–Trinajstić information content (AvgIpc) is 3.43. The van der Waals surface area contributed by atoms with Crippen molar-refractivity contribution >= 4 is 22.9 Å². The van der Waals surface area contributed by atoms with Crippen molar-refractivity contribution < 1.29 is 4.79 Å². The van der Waals surface area contributed by atoms with Gasteiger partial charge in [-0.15, -0.1) is 11.3 Å². The van der Waals surface area contributed by atoms with Crippen molar-refractivity contribution in [3.05, 3.63) is 94.3 Å². The Morgan fingerprint density at radius 2 is 1.78 bits per heavy atom. The van der Waals surface area contributed by atoms with Gasteiger partial charge in [0.05, 0.1) is 5.69 Å². The predicted octanol–water partition coefficient (Wildman–Crippen LogP) is 4.40. The lowest BCUT2D eigenvalue weighted by Gasteiger charge is -2.19. The highest BCUT2D eigenvalue weighted by molar-refractivity contribution is 7.17. The molecule has 0 saturated heterocycles. The molecule has 3 heterocycles. The van der Waals surface area contributed by atoms with Gasteiger partial charge in [0.1, 0.15) is 4.88 Å². The van der Waals surface area contributed by atoms with Crippen LogP contribution in [0.5, 0.6) is 0 Å². The van der Waals surface area contributed by atoms with Crippen LogP contribution in [0, 0.1) is 6.92 Å². The molecule has 7 heteroatoms. The van der Waals surface area contributed by atoms with Gasteiger partial charge in [0.2, 0.25) is 0 Å². The van der Waals surface area contributed by atoms with Crippen LogP contribution >= 0.6 is 11.3 Å². The van der Waals surface area contributed by atoms with E-state index in [2.05, 4.69) is 73.7 Å². The van der Waals surface area contributed by atoms with Crippen LogP contribution in [0.3, 0.4) is 0 Å². The molecular weight excluding hydrogens is 418 g/mol. The number of amides is 1. The molecule has 1 amide bonds. The molecule has 160 valence electrons. The highest BCUT2D eigenvalue weighted by atomic mass is 32.1. The monoisotopic (exact) mass is 441 g/mol. The number of nitrogens with one attached hydrogen (secondary N) is 1. The molecule has 1 aliphatic rings. The van der Waals surface area contributed by atoms with Crippen molar-refractivity contribution in [2.24, 2.45) is 0 Å². The summed E-state index contributed by atoms with van der Waals surface area (Å²) < 4.78 is 0. The SMILES string of the molecule is Cc1nc(-c2ncccn2)sc1C(=O)NCc1ccc(CN2CCc3ccccc32)cc1. The Kier molecular flexibility index (Phi) is 5.64. The van der Waals surface area contributed by atoms with Crippen molar-refractivity contribution in [2.45, 2.75) is 26.4 Å². The van der Waals surface area contributed by atoms with E-state index in [9.17, 15) is 4.79 Å². The molecule has 0 fully saturated rings. The van der Waals surface area contributed by atoms with E-state index >= 15 is 0 Å². The van der Waals surface area contributed by atoms with Crippen LogP contribution in [0.2, 0.25) is 0 Å². The van der Waals surface area contributed by atoms with Gasteiger partial charge in [-0.05, 0) is 42.2 Å². The van der Waals surface area contributed by atoms with E-state index in [-0.39, 0.29) is 5.91 Å². The quantitative estimate of drug-likeness (QED) is 0.480. The molecule has 0 spiro atoms. The van der Waals surface area contributed by atoms with Crippen molar-refractivity contribution in [1.82, 2.24) is 20.3 Å². The van der Waals surface area contributed by atoms with Crippen LogP contribution in [0.4, 0.5) is 5.69 Å². The summed E-state index contributed by atoms with van der Waals surface area (Å²) in [6.07, 6.45) is 4.45. The van der Waals surface area contributed by atoms with Gasteiger partial charge in [0.25, 0.3) is 5.91 Å². The van der Waals surface area contributed by atoms with Gasteiger partial charge in [0, 0.05) is 37.7 Å². The van der Waals surface area contributed by atoms with Gasteiger partial charge in [-0.1, -0.05) is 42.5 Å². The number of carbonyl (C=O) groups excluding carboxylic acids is 1. The van der Waals surface area contributed by atoms with E-state index in [1.165, 1.54) is 28.2 Å². The lowest BCUT2D eigenvalue weighted by Crippen LogP contribution is -2.22. The van der Waals surface area contributed by atoms with E-state index in [1.807, 2.05) is 6.92 Å². The second-order valence-corrected chi connectivity index (χ2v) is 8.80. The number of para-hydroxylation sites is 1. The number of hydrogen-bond donors (Lipinski definition) is 1. The summed E-state index contributed by atoms with van der Waals surface area (Å²) >= 11 is 1.32. The van der Waals surface area contributed by atoms with Crippen LogP contribution in [0.15, 0.2) is 67.0 Å². The molecule has 2 aromatic heterocycles. The Morgan fingerprint density at radius 3 is 2.59 bits per heavy atom. The minimum atomic E-state index is -0.125. The van der Waals surface area contributed by atoms with E-state index in [4.69, 9.17) is 0 Å². The first kappa shape index (κ1) is 20.3. The number of benzene rings is 2. The zero-order valence-electron chi connectivity index (χ0n) is 17.8. The third-order valence-electron chi connectivity index (χ3n) is 5.59. The number of anilines is 1. The fourth-order valence-corrected chi connectivity index (χ4v) is 4.86. The molecule has 0 aliphatic carbocycles. The van der Waals surface area contributed by atoms with Crippen LogP contribution in [-0.2, 0) is 19.5 Å². The fraction of sp³-hybridized carbons (Fsp3) is 0.200. The normalized spacial score (nSPS) is 12.6. The standard InChI is InChI=1S/C25H23N5OS/c1-17-22(32-25(29-17)23-26-12-4-13-27-23)24(31)28-15-18-7-9-19(10-8-18)16-30-14-11-20-5-2-3-6-21(20)30/h2-10,12-13H,11,14-16H2,1H3,(H,28,31). The summed E-state index contributed by atoms with van der Waals surface area (Å²) in [6.45, 7) is 4.26. The summed E-state index contributed by atoms with van der Waals surface area (Å²) in [7, 11) is 0. The van der Waals surface area contributed by atoms with Gasteiger partial charge in [-0.2, -0.15) is 0 Å². The first-order valence-corrected chi connectivity index (χ1v) is 11.4. The van der Waals surface area contributed by atoms with Crippen LogP contribution in [0.1, 0.15) is 32.1 Å². The Balaban J connectivity index is 1.20. The number of rotatable bonds is 6. The number of thiazole rings is 1. The van der Waals surface area contributed by atoms with Gasteiger partial charge in [-0.3, -0.25) is 4.79 Å². The maximum atomic E-state index is 12.7. The molecule has 1 aliphatic heterocycles. The van der Waals surface area contributed by atoms with Crippen LogP contribution in [-0.4, -0.2) is 27.4 Å². The lowest BCUT2D eigenvalue weighted by atomic mass is 10.1. The molecule has 2 aromatic carbocycles. The Morgan fingerprint density at radius 1 is 1.03 bits per heavy atom. The first-order valence-electron chi connectivity index (χ1n) is 10.6. The summed E-state index contributed by atoms with van der Waals surface area (Å²) in [5.41, 5.74) is 5.78. The molecule has 0 bridgehead atoms. The summed E-state index contributed by atoms with van der Waals surface area (Å²) in [5.74, 6) is 0.413. The number of aromatic nitrogens is 3. The minimum Gasteiger partial charge on any atom is -0.367 e. The second-order valence-electron chi connectivity index (χ2n) is 7.81. The number of aryl methyl sites for hydroxylation is 1. The Labute approximate surface area is 191 Å². The van der Waals surface area contributed by atoms with E-state index in [1.54, 1.807) is 18.5 Å². The third kappa shape index (κ3) is 4.24. The molecule has 0 atom stereocenters. The summed E-state index contributed by atoms with van der Waals surface area (Å²) in [5, 5.41) is 3.66. The fourth-order valence-electron chi connectivity index (χ4n) is 3.93. The molecular formula is C25H23N5OS. The zero-order chi connectivity index (χ0) is 21.9. The Hall–Kier alpha value is -3.58. The molecule has 1 N–H and O–H groups in total. The lowest BCUT2D eigenvalue weighted by molar-refractivity contribution is 0.0954. The average molecular weight is 442 g/mol. The van der Waals surface area contributed by atoms with Crippen molar-refractivity contribution in [1.29, 1.82) is 0 Å². The van der Waals surface area contributed by atoms with E-state index in [0.717, 1.165) is 25.1 Å². The molecule has 0 radical (unpaired) electrons. The highest BCUT2D eigenvalue weighted by Gasteiger charge is 2.19. The largest absolute Gasteiger partial charge is 0.367 e. The van der Waals surface area contributed by atoms with Crippen LogP contribution in [0.25, 0.3) is 10.8 Å². The molecule has 0 unspecified atom stereocenters. The molecule has 5 rings (SSSR count). The molecule has 4 aromatic rings. The van der Waals surface area contributed by atoms with Gasteiger partial charge in [-0.25, -0.2) is 15.0 Å². The first-order chi connectivity index (χ1) is 15.7. The van der Waals surface area contributed by atoms with Gasteiger partial charge >= 0.3 is 0 Å². The second kappa shape index (κ2) is 8.88. The highest BCUT2D eigenvalue weighted by Crippen LogP contribution is 2.29. The maximum absolute atomic E-state index is 12.7. The third-order valence-corrected chi connectivity index (χ3v) is 6.74. The Bertz CT molecular complexity index is 1240.